The van der Waals surface area contributed by atoms with Gasteiger partial charge in [0, 0.05) is 11.7 Å². The summed E-state index contributed by atoms with van der Waals surface area (Å²) in [6, 6.07) is 16.8. The van der Waals surface area contributed by atoms with Gasteiger partial charge in [0.15, 0.2) is 0 Å². The van der Waals surface area contributed by atoms with Gasteiger partial charge >= 0.3 is 0 Å². The van der Waals surface area contributed by atoms with Crippen molar-refractivity contribution in [3.63, 3.8) is 0 Å². The summed E-state index contributed by atoms with van der Waals surface area (Å²) in [5, 5.41) is 10.7. The number of amides is 1. The van der Waals surface area contributed by atoms with Gasteiger partial charge in [-0.3, -0.25) is 4.79 Å². The topological polar surface area (TPSA) is 81.1 Å². The normalized spacial score (nSPS) is 21.0. The molecule has 138 valence electrons. The Morgan fingerprint density at radius 3 is 2.59 bits per heavy atom. The van der Waals surface area contributed by atoms with Crippen molar-refractivity contribution in [2.75, 3.05) is 17.7 Å². The van der Waals surface area contributed by atoms with Gasteiger partial charge in [-0.2, -0.15) is 10.1 Å². The minimum absolute atomic E-state index is 0.0665. The Kier molecular flexibility index (Phi) is 4.50. The van der Waals surface area contributed by atoms with Crippen LogP contribution in [-0.4, -0.2) is 33.8 Å². The van der Waals surface area contributed by atoms with E-state index in [2.05, 4.69) is 20.7 Å². The molecule has 3 aromatic rings. The van der Waals surface area contributed by atoms with Crippen LogP contribution in [0.15, 0.2) is 60.9 Å². The van der Waals surface area contributed by atoms with Crippen molar-refractivity contribution in [1.82, 2.24) is 14.8 Å². The molecular formula is C20H21N5O2. The number of fused-ring (bicyclic) bond motifs is 1. The highest BCUT2D eigenvalue weighted by atomic mass is 16.5. The molecule has 3 atom stereocenters. The van der Waals surface area contributed by atoms with E-state index < -0.39 is 0 Å². The van der Waals surface area contributed by atoms with E-state index in [1.807, 2.05) is 61.5 Å². The summed E-state index contributed by atoms with van der Waals surface area (Å²) in [5.41, 5.74) is 1.75. The van der Waals surface area contributed by atoms with Crippen LogP contribution in [-0.2, 0) is 4.79 Å². The van der Waals surface area contributed by atoms with Gasteiger partial charge in [-0.05, 0) is 36.8 Å². The van der Waals surface area contributed by atoms with Gasteiger partial charge in [0.25, 0.3) is 0 Å². The lowest BCUT2D eigenvalue weighted by atomic mass is 9.85. The number of carbonyl (C=O) groups is 1. The third-order valence-electron chi connectivity index (χ3n) is 4.87. The van der Waals surface area contributed by atoms with Gasteiger partial charge in [-0.15, -0.1) is 0 Å². The van der Waals surface area contributed by atoms with E-state index >= 15 is 0 Å². The van der Waals surface area contributed by atoms with Gasteiger partial charge in [0.05, 0.1) is 19.1 Å². The Balaban J connectivity index is 1.71. The molecule has 1 aromatic heterocycles. The summed E-state index contributed by atoms with van der Waals surface area (Å²) in [6.45, 7) is 1.99. The molecule has 1 aliphatic rings. The fourth-order valence-corrected chi connectivity index (χ4v) is 3.54. The zero-order valence-corrected chi connectivity index (χ0v) is 15.2. The molecule has 0 saturated carbocycles. The summed E-state index contributed by atoms with van der Waals surface area (Å²) < 4.78 is 7.03. The highest BCUT2D eigenvalue weighted by Crippen LogP contribution is 2.36. The number of anilines is 2. The molecule has 0 fully saturated rings. The molecule has 0 spiro atoms. The number of para-hydroxylation sites is 1. The molecule has 0 radical (unpaired) electrons. The highest BCUT2D eigenvalue weighted by molar-refractivity contribution is 5.94. The van der Waals surface area contributed by atoms with Gasteiger partial charge in [-0.1, -0.05) is 30.3 Å². The molecule has 7 nitrogen and oxygen atoms in total. The van der Waals surface area contributed by atoms with Crippen molar-refractivity contribution in [3.05, 3.63) is 66.5 Å². The van der Waals surface area contributed by atoms with Crippen LogP contribution in [0.5, 0.6) is 5.75 Å². The van der Waals surface area contributed by atoms with Gasteiger partial charge in [-0.25, -0.2) is 4.68 Å². The maximum absolute atomic E-state index is 13.2. The van der Waals surface area contributed by atoms with Gasteiger partial charge in [0.1, 0.15) is 12.1 Å². The maximum atomic E-state index is 13.2. The number of hydrogen-bond acceptors (Lipinski definition) is 5. The van der Waals surface area contributed by atoms with Crippen LogP contribution >= 0.6 is 0 Å². The van der Waals surface area contributed by atoms with Crippen LogP contribution in [0.4, 0.5) is 11.6 Å². The number of hydrogen-bond donors (Lipinski definition) is 2. The molecule has 0 aliphatic carbocycles. The number of nitrogens with zero attached hydrogens (tertiary/aromatic N) is 3. The zero-order valence-electron chi connectivity index (χ0n) is 15.2. The zero-order chi connectivity index (χ0) is 18.8. The molecule has 2 aromatic carbocycles. The Labute approximate surface area is 157 Å². The number of methoxy groups -OCH3 is 1. The lowest BCUT2D eigenvalue weighted by Gasteiger charge is -2.36. The molecule has 2 N–H and O–H groups in total. The molecule has 0 bridgehead atoms. The first-order valence-electron chi connectivity index (χ1n) is 8.83. The van der Waals surface area contributed by atoms with E-state index in [0.717, 1.165) is 17.0 Å². The summed E-state index contributed by atoms with van der Waals surface area (Å²) in [4.78, 5) is 17.5. The second-order valence-electron chi connectivity index (χ2n) is 6.56. The van der Waals surface area contributed by atoms with Crippen LogP contribution in [0.3, 0.4) is 0 Å². The SMILES string of the molecule is COc1ccc([C@@H]2[C@H](C(=O)Nc3ccccc3)[C@@H](C)Nc3ncnn32)cc1. The van der Waals surface area contributed by atoms with Crippen LogP contribution in [0.25, 0.3) is 0 Å². The van der Waals surface area contributed by atoms with Crippen molar-refractivity contribution in [2.24, 2.45) is 5.92 Å². The summed E-state index contributed by atoms with van der Waals surface area (Å²) in [5.74, 6) is 0.993. The van der Waals surface area contributed by atoms with Crippen molar-refractivity contribution >= 4 is 17.5 Å². The van der Waals surface area contributed by atoms with Crippen molar-refractivity contribution < 1.29 is 9.53 Å². The number of aromatic nitrogens is 3. The van der Waals surface area contributed by atoms with Crippen molar-refractivity contribution in [1.29, 1.82) is 0 Å². The third kappa shape index (κ3) is 3.23. The molecule has 7 heteroatoms. The fraction of sp³-hybridized carbons (Fsp3) is 0.250. The summed E-state index contributed by atoms with van der Waals surface area (Å²) in [7, 11) is 1.63. The molecule has 1 amide bonds. The molecule has 27 heavy (non-hydrogen) atoms. The summed E-state index contributed by atoms with van der Waals surface area (Å²) in [6.07, 6.45) is 1.50. The van der Waals surface area contributed by atoms with E-state index in [0.29, 0.717) is 5.95 Å². The van der Waals surface area contributed by atoms with E-state index in [-0.39, 0.29) is 23.9 Å². The maximum Gasteiger partial charge on any atom is 0.232 e. The van der Waals surface area contributed by atoms with Gasteiger partial charge in [0.2, 0.25) is 11.9 Å². The molecule has 4 rings (SSSR count). The average molecular weight is 363 g/mol. The first-order valence-corrected chi connectivity index (χ1v) is 8.83. The largest absolute Gasteiger partial charge is 0.497 e. The first-order chi connectivity index (χ1) is 13.2. The number of nitrogens with one attached hydrogen (secondary N) is 2. The second kappa shape index (κ2) is 7.11. The lowest BCUT2D eigenvalue weighted by molar-refractivity contribution is -0.121. The van der Waals surface area contributed by atoms with Crippen molar-refractivity contribution in [2.45, 2.75) is 19.0 Å². The quantitative estimate of drug-likeness (QED) is 0.745. The van der Waals surface area contributed by atoms with E-state index in [4.69, 9.17) is 4.74 Å². The minimum atomic E-state index is -0.368. The van der Waals surface area contributed by atoms with Crippen molar-refractivity contribution in [3.8, 4) is 5.75 Å². The van der Waals surface area contributed by atoms with E-state index in [1.54, 1.807) is 11.8 Å². The Morgan fingerprint density at radius 1 is 1.15 bits per heavy atom. The number of rotatable bonds is 4. The lowest BCUT2D eigenvalue weighted by Crippen LogP contribution is -2.46. The number of carbonyl (C=O) groups excluding carboxylic acids is 1. The van der Waals surface area contributed by atoms with Crippen LogP contribution < -0.4 is 15.4 Å². The van der Waals surface area contributed by atoms with E-state index in [9.17, 15) is 4.79 Å². The predicted molar refractivity (Wildman–Crippen MR) is 103 cm³/mol. The number of ether oxygens (including phenoxy) is 1. The molecule has 0 unspecified atom stereocenters. The molecule has 1 aliphatic heterocycles. The molecular weight excluding hydrogens is 342 g/mol. The fourth-order valence-electron chi connectivity index (χ4n) is 3.54. The smallest absolute Gasteiger partial charge is 0.232 e. The average Bonchev–Trinajstić information content (AvgIpc) is 3.15. The highest BCUT2D eigenvalue weighted by Gasteiger charge is 2.41. The second-order valence-corrected chi connectivity index (χ2v) is 6.56. The van der Waals surface area contributed by atoms with Gasteiger partial charge < -0.3 is 15.4 Å². The standard InChI is InChI=1S/C20H21N5O2/c1-13-17(19(26)24-15-6-4-3-5-7-15)18(25-20(23-13)21-12-22-25)14-8-10-16(27-2)11-9-14/h3-13,17-18H,1-2H3,(H,24,26)(H,21,22,23)/t13-,17-,18-/m1/s1. The van der Waals surface area contributed by atoms with Crippen LogP contribution in [0.2, 0.25) is 0 Å². The molecule has 0 saturated heterocycles. The monoisotopic (exact) mass is 363 g/mol. The number of benzene rings is 2. The summed E-state index contributed by atoms with van der Waals surface area (Å²) >= 11 is 0. The van der Waals surface area contributed by atoms with E-state index in [1.165, 1.54) is 6.33 Å². The minimum Gasteiger partial charge on any atom is -0.497 e. The Bertz CT molecular complexity index is 923. The Hall–Kier alpha value is -3.35. The molecule has 2 heterocycles. The predicted octanol–water partition coefficient (Wildman–Crippen LogP) is 2.95. The van der Waals surface area contributed by atoms with Crippen LogP contribution in [0.1, 0.15) is 18.5 Å². The third-order valence-corrected chi connectivity index (χ3v) is 4.87. The Morgan fingerprint density at radius 2 is 1.89 bits per heavy atom. The first kappa shape index (κ1) is 17.1. The van der Waals surface area contributed by atoms with Crippen LogP contribution in [0, 0.1) is 5.92 Å².